The summed E-state index contributed by atoms with van der Waals surface area (Å²) in [4.78, 5) is 18.6. The van der Waals surface area contributed by atoms with Gasteiger partial charge < -0.3 is 19.5 Å². The molecule has 0 spiro atoms. The highest BCUT2D eigenvalue weighted by molar-refractivity contribution is 5.81. The average molecular weight is 340 g/mol. The summed E-state index contributed by atoms with van der Waals surface area (Å²) in [5.74, 6) is 0.540. The Hall–Kier alpha value is -2.60. The van der Waals surface area contributed by atoms with Crippen LogP contribution in [0.5, 0.6) is 11.5 Å². The normalized spacial score (nSPS) is 19.8. The van der Waals surface area contributed by atoms with Gasteiger partial charge in [-0.3, -0.25) is 9.78 Å². The van der Waals surface area contributed by atoms with Crippen LogP contribution in [0.2, 0.25) is 0 Å². The van der Waals surface area contributed by atoms with Crippen molar-refractivity contribution in [1.82, 2.24) is 9.88 Å². The lowest BCUT2D eigenvalue weighted by molar-refractivity contribution is -0.141. The van der Waals surface area contributed by atoms with Gasteiger partial charge in [0.1, 0.15) is 12.7 Å². The number of hydrogen-bond donors (Lipinski definition) is 1. The van der Waals surface area contributed by atoms with E-state index in [1.807, 2.05) is 18.2 Å². The van der Waals surface area contributed by atoms with Gasteiger partial charge in [-0.2, -0.15) is 0 Å². The zero-order valence-corrected chi connectivity index (χ0v) is 13.9. The van der Waals surface area contributed by atoms with Gasteiger partial charge in [-0.1, -0.05) is 6.07 Å². The molecule has 2 aliphatic rings. The standard InChI is InChI=1S/C19H20N2O4/c22-16-10-14(13-3-1-5-20-11-13)9-15-12-21(6-8-25-18(15)16)19(23)17-4-2-7-24-17/h1,3,5,9-11,17,22H,2,4,6-8,12H2/t17-/m0/s1. The molecule has 3 heterocycles. The van der Waals surface area contributed by atoms with Crippen molar-refractivity contribution >= 4 is 5.91 Å². The molecule has 0 saturated carbocycles. The van der Waals surface area contributed by atoms with E-state index in [0.29, 0.717) is 32.1 Å². The summed E-state index contributed by atoms with van der Waals surface area (Å²) in [5.41, 5.74) is 2.55. The van der Waals surface area contributed by atoms with Crippen molar-refractivity contribution < 1.29 is 19.4 Å². The van der Waals surface area contributed by atoms with E-state index in [1.165, 1.54) is 0 Å². The molecule has 2 aliphatic heterocycles. The fraction of sp³-hybridized carbons (Fsp3) is 0.368. The molecule has 1 aromatic carbocycles. The molecule has 6 nitrogen and oxygen atoms in total. The minimum Gasteiger partial charge on any atom is -0.504 e. The molecule has 1 amide bonds. The maximum Gasteiger partial charge on any atom is 0.252 e. The van der Waals surface area contributed by atoms with Gasteiger partial charge >= 0.3 is 0 Å². The Bertz CT molecular complexity index is 772. The molecule has 1 N–H and O–H groups in total. The molecule has 130 valence electrons. The lowest BCUT2D eigenvalue weighted by Crippen LogP contribution is -2.39. The summed E-state index contributed by atoms with van der Waals surface area (Å²) < 4.78 is 11.2. The molecule has 1 aromatic heterocycles. The Morgan fingerprint density at radius 1 is 1.28 bits per heavy atom. The van der Waals surface area contributed by atoms with Gasteiger partial charge in [0.2, 0.25) is 0 Å². The van der Waals surface area contributed by atoms with Crippen LogP contribution in [0.15, 0.2) is 36.7 Å². The van der Waals surface area contributed by atoms with Gasteiger partial charge in [-0.05, 0) is 36.6 Å². The Morgan fingerprint density at radius 3 is 2.96 bits per heavy atom. The summed E-state index contributed by atoms with van der Waals surface area (Å²) in [6.45, 7) is 1.87. The summed E-state index contributed by atoms with van der Waals surface area (Å²) in [6, 6.07) is 7.41. The fourth-order valence-electron chi connectivity index (χ4n) is 3.36. The van der Waals surface area contributed by atoms with E-state index in [4.69, 9.17) is 9.47 Å². The molecule has 0 bridgehead atoms. The van der Waals surface area contributed by atoms with Crippen molar-refractivity contribution in [3.8, 4) is 22.6 Å². The van der Waals surface area contributed by atoms with Crippen molar-refractivity contribution in [2.75, 3.05) is 19.8 Å². The van der Waals surface area contributed by atoms with Crippen LogP contribution in [0, 0.1) is 0 Å². The lowest BCUT2D eigenvalue weighted by atomic mass is 10.0. The van der Waals surface area contributed by atoms with E-state index >= 15 is 0 Å². The van der Waals surface area contributed by atoms with Gasteiger partial charge in [0.05, 0.1) is 6.54 Å². The second-order valence-electron chi connectivity index (χ2n) is 6.34. The molecule has 6 heteroatoms. The minimum atomic E-state index is -0.350. The predicted molar refractivity (Wildman–Crippen MR) is 91.2 cm³/mol. The van der Waals surface area contributed by atoms with E-state index in [1.54, 1.807) is 23.4 Å². The van der Waals surface area contributed by atoms with Crippen LogP contribution in [0.4, 0.5) is 0 Å². The molecule has 2 aromatic rings. The zero-order chi connectivity index (χ0) is 17.2. The third kappa shape index (κ3) is 3.17. The monoisotopic (exact) mass is 340 g/mol. The molecule has 0 radical (unpaired) electrons. The number of benzene rings is 1. The Morgan fingerprint density at radius 2 is 2.20 bits per heavy atom. The van der Waals surface area contributed by atoms with Crippen LogP contribution in [-0.2, 0) is 16.1 Å². The molecular weight excluding hydrogens is 320 g/mol. The van der Waals surface area contributed by atoms with Crippen LogP contribution in [0.3, 0.4) is 0 Å². The first-order chi connectivity index (χ1) is 12.2. The summed E-state index contributed by atoms with van der Waals surface area (Å²) in [6.07, 6.45) is 4.79. The van der Waals surface area contributed by atoms with Crippen molar-refractivity contribution in [2.24, 2.45) is 0 Å². The van der Waals surface area contributed by atoms with Gasteiger partial charge in [-0.25, -0.2) is 0 Å². The maximum absolute atomic E-state index is 12.7. The lowest BCUT2D eigenvalue weighted by Gasteiger charge is -2.23. The molecule has 1 fully saturated rings. The number of phenols is 1. The Labute approximate surface area is 146 Å². The SMILES string of the molecule is O=C([C@@H]1CCCO1)N1CCOc2c(O)cc(-c3cccnc3)cc2C1. The molecule has 0 unspecified atom stereocenters. The largest absolute Gasteiger partial charge is 0.504 e. The molecule has 1 atom stereocenters. The average Bonchev–Trinajstić information content (AvgIpc) is 3.08. The Kier molecular flexibility index (Phi) is 4.28. The van der Waals surface area contributed by atoms with E-state index in [2.05, 4.69) is 4.98 Å². The molecule has 4 rings (SSSR count). The number of aromatic nitrogens is 1. The highest BCUT2D eigenvalue weighted by atomic mass is 16.5. The van der Waals surface area contributed by atoms with Crippen molar-refractivity contribution in [2.45, 2.75) is 25.5 Å². The van der Waals surface area contributed by atoms with E-state index in [-0.39, 0.29) is 17.8 Å². The number of amides is 1. The topological polar surface area (TPSA) is 71.9 Å². The fourth-order valence-corrected chi connectivity index (χ4v) is 3.36. The van der Waals surface area contributed by atoms with E-state index in [0.717, 1.165) is 29.5 Å². The van der Waals surface area contributed by atoms with Crippen LogP contribution in [0.1, 0.15) is 18.4 Å². The molecule has 0 aliphatic carbocycles. The first-order valence-corrected chi connectivity index (χ1v) is 8.52. The number of pyridine rings is 1. The Balaban J connectivity index is 1.65. The number of nitrogens with zero attached hydrogens (tertiary/aromatic N) is 2. The third-order valence-electron chi connectivity index (χ3n) is 4.63. The number of carbonyl (C=O) groups excluding carboxylic acids is 1. The van der Waals surface area contributed by atoms with Gasteiger partial charge in [0.15, 0.2) is 11.5 Å². The highest BCUT2D eigenvalue weighted by Crippen LogP contribution is 2.37. The molecular formula is C19H20N2O4. The highest BCUT2D eigenvalue weighted by Gasteiger charge is 2.30. The molecule has 25 heavy (non-hydrogen) atoms. The van der Waals surface area contributed by atoms with Crippen LogP contribution >= 0.6 is 0 Å². The van der Waals surface area contributed by atoms with Gasteiger partial charge in [-0.15, -0.1) is 0 Å². The second kappa shape index (κ2) is 6.72. The van der Waals surface area contributed by atoms with Crippen LogP contribution in [0.25, 0.3) is 11.1 Å². The van der Waals surface area contributed by atoms with E-state index < -0.39 is 0 Å². The maximum atomic E-state index is 12.7. The number of aromatic hydroxyl groups is 1. The number of hydrogen-bond acceptors (Lipinski definition) is 5. The predicted octanol–water partition coefficient (Wildman–Crippen LogP) is 2.35. The second-order valence-corrected chi connectivity index (χ2v) is 6.34. The van der Waals surface area contributed by atoms with Gasteiger partial charge in [0, 0.05) is 36.7 Å². The van der Waals surface area contributed by atoms with E-state index in [9.17, 15) is 9.90 Å². The quantitative estimate of drug-likeness (QED) is 0.909. The van der Waals surface area contributed by atoms with Crippen molar-refractivity contribution in [1.29, 1.82) is 0 Å². The van der Waals surface area contributed by atoms with Crippen LogP contribution < -0.4 is 4.74 Å². The third-order valence-corrected chi connectivity index (χ3v) is 4.63. The number of carbonyl (C=O) groups is 1. The van der Waals surface area contributed by atoms with Crippen molar-refractivity contribution in [3.63, 3.8) is 0 Å². The van der Waals surface area contributed by atoms with Crippen molar-refractivity contribution in [3.05, 3.63) is 42.2 Å². The number of ether oxygens (including phenoxy) is 2. The smallest absolute Gasteiger partial charge is 0.252 e. The summed E-state index contributed by atoms with van der Waals surface area (Å²) in [7, 11) is 0. The zero-order valence-electron chi connectivity index (χ0n) is 13.9. The number of phenolic OH excluding ortho intramolecular Hbond substituents is 1. The number of rotatable bonds is 2. The van der Waals surface area contributed by atoms with Gasteiger partial charge in [0.25, 0.3) is 5.91 Å². The summed E-state index contributed by atoms with van der Waals surface area (Å²) >= 11 is 0. The minimum absolute atomic E-state index is 0.000204. The molecule has 1 saturated heterocycles. The van der Waals surface area contributed by atoms with Crippen LogP contribution in [-0.4, -0.2) is 46.8 Å². The number of fused-ring (bicyclic) bond motifs is 1. The first-order valence-electron chi connectivity index (χ1n) is 8.52. The first kappa shape index (κ1) is 15.9. The summed E-state index contributed by atoms with van der Waals surface area (Å²) in [5, 5.41) is 10.4.